The van der Waals surface area contributed by atoms with Crippen LogP contribution in [-0.4, -0.2) is 72.6 Å². The van der Waals surface area contributed by atoms with Crippen molar-refractivity contribution in [2.45, 2.75) is 89.1 Å². The third-order valence-corrected chi connectivity index (χ3v) is 11.4. The van der Waals surface area contributed by atoms with Crippen LogP contribution in [0.25, 0.3) is 6.08 Å². The van der Waals surface area contributed by atoms with Crippen LogP contribution in [0.5, 0.6) is 0 Å². The van der Waals surface area contributed by atoms with E-state index in [1.165, 1.54) is 32.6 Å². The molecule has 2 saturated heterocycles. The number of likely N-dealkylation sites (tertiary alicyclic amines) is 1. The fourth-order valence-corrected chi connectivity index (χ4v) is 9.90. The number of amides is 1. The summed E-state index contributed by atoms with van der Waals surface area (Å²) < 4.78 is 58.7. The maximum Gasteiger partial charge on any atom is 0.573 e. The SMILES string of the molecule is COC1(NC(=O)C(=Cc2ccccc2)OC(F)(F)F)C=C(O)C2=C3C1O[C@H]1CCC[C@H]4[C@@H](C2)[N+](CC(C)C)(CC2CC2)CC[C@]314. The van der Waals surface area contributed by atoms with Gasteiger partial charge in [-0.3, -0.25) is 4.79 Å². The van der Waals surface area contributed by atoms with Crippen molar-refractivity contribution in [3.8, 4) is 0 Å². The number of carbonyl (C=O) groups is 1. The van der Waals surface area contributed by atoms with Gasteiger partial charge in [-0.15, -0.1) is 13.2 Å². The lowest BCUT2D eigenvalue weighted by molar-refractivity contribution is -0.967. The van der Waals surface area contributed by atoms with Crippen molar-refractivity contribution in [3.05, 3.63) is 64.6 Å². The first-order chi connectivity index (χ1) is 21.4. The van der Waals surface area contributed by atoms with E-state index in [-0.39, 0.29) is 17.3 Å². The zero-order valence-corrected chi connectivity index (χ0v) is 26.2. The van der Waals surface area contributed by atoms with Gasteiger partial charge in [0.1, 0.15) is 11.9 Å². The highest BCUT2D eigenvalue weighted by atomic mass is 19.4. The highest BCUT2D eigenvalue weighted by molar-refractivity contribution is 5.96. The summed E-state index contributed by atoms with van der Waals surface area (Å²) in [5, 5.41) is 14.4. The number of hydrogen-bond donors (Lipinski definition) is 2. The van der Waals surface area contributed by atoms with Crippen LogP contribution in [0.15, 0.2) is 59.1 Å². The van der Waals surface area contributed by atoms with Gasteiger partial charge >= 0.3 is 6.36 Å². The van der Waals surface area contributed by atoms with Gasteiger partial charge in [-0.25, -0.2) is 0 Å². The largest absolute Gasteiger partial charge is 0.573 e. The molecule has 4 fully saturated rings. The number of nitrogens with one attached hydrogen (secondary N) is 1. The molecule has 2 bridgehead atoms. The predicted molar refractivity (Wildman–Crippen MR) is 161 cm³/mol. The third kappa shape index (κ3) is 5.11. The summed E-state index contributed by atoms with van der Waals surface area (Å²) in [5.74, 6) is -0.352. The Morgan fingerprint density at radius 1 is 1.20 bits per heavy atom. The molecule has 2 heterocycles. The number of methoxy groups -OCH3 is 1. The van der Waals surface area contributed by atoms with Gasteiger partial charge in [0.15, 0.2) is 11.5 Å². The molecule has 2 N–H and O–H groups in total. The van der Waals surface area contributed by atoms with Gasteiger partial charge in [0.05, 0.1) is 31.8 Å². The first-order valence-electron chi connectivity index (χ1n) is 16.5. The van der Waals surface area contributed by atoms with E-state index in [0.717, 1.165) is 72.8 Å². The lowest BCUT2D eigenvalue weighted by Crippen LogP contribution is -2.71. The minimum Gasteiger partial charge on any atom is -0.508 e. The summed E-state index contributed by atoms with van der Waals surface area (Å²) in [5.41, 5.74) is 0.204. The van der Waals surface area contributed by atoms with E-state index in [1.54, 1.807) is 30.3 Å². The summed E-state index contributed by atoms with van der Waals surface area (Å²) in [7, 11) is 1.38. The molecule has 1 aromatic rings. The number of carbonyl (C=O) groups excluding carboxylic acids is 1. The molecule has 0 radical (unpaired) electrons. The maximum absolute atomic E-state index is 13.7. The molecule has 3 unspecified atom stereocenters. The van der Waals surface area contributed by atoms with Gasteiger partial charge in [0.25, 0.3) is 5.91 Å². The number of rotatable bonds is 9. The van der Waals surface area contributed by atoms with Gasteiger partial charge < -0.3 is 29.1 Å². The zero-order valence-electron chi connectivity index (χ0n) is 26.2. The first kappa shape index (κ1) is 30.8. The number of nitrogens with zero attached hydrogens (tertiary/aromatic N) is 1. The van der Waals surface area contributed by atoms with Crippen LogP contribution in [0.2, 0.25) is 0 Å². The topological polar surface area (TPSA) is 77.0 Å². The second-order valence-electron chi connectivity index (χ2n) is 14.6. The van der Waals surface area contributed by atoms with Gasteiger partial charge in [0, 0.05) is 54.8 Å². The minimum atomic E-state index is -5.09. The van der Waals surface area contributed by atoms with Gasteiger partial charge in [-0.2, -0.15) is 0 Å². The Balaban J connectivity index is 1.28. The number of hydrogen-bond acceptors (Lipinski definition) is 5. The van der Waals surface area contributed by atoms with Crippen molar-refractivity contribution in [1.29, 1.82) is 0 Å². The van der Waals surface area contributed by atoms with Crippen molar-refractivity contribution in [3.63, 3.8) is 0 Å². The Morgan fingerprint density at radius 2 is 1.96 bits per heavy atom. The van der Waals surface area contributed by atoms with Gasteiger partial charge in [-0.1, -0.05) is 50.6 Å². The molecular weight excluding hydrogens is 585 g/mol. The molecular formula is C35H44F3N2O5+. The molecule has 0 aromatic heterocycles. The Morgan fingerprint density at radius 3 is 2.62 bits per heavy atom. The standard InChI is InChI=1S/C35H43F3N2O5/c1-21(2)19-40(20-23-12-13-23)15-14-33-25-10-7-11-29(33)44-31-30(33)24(17-26(25)40)27(41)18-34(31,43-3)39-32(42)28(45-35(36,37)38)16-22-8-5-4-6-9-22/h4-6,8-9,16,18,21,23,25-26,29,31H,7,10-15,17,19-20H2,1-3H3,(H-,39,41,42)/p+1/t25-,26+,29-,31?,33+,34?,40?/m0/s1. The fraction of sp³-hybridized carbons (Fsp3) is 0.629. The highest BCUT2D eigenvalue weighted by Gasteiger charge is 2.72. The normalized spacial score (nSPS) is 37.3. The summed E-state index contributed by atoms with van der Waals surface area (Å²) in [6.45, 7) is 7.95. The lowest BCUT2D eigenvalue weighted by atomic mass is 9.49. The number of quaternary nitrogens is 1. The minimum absolute atomic E-state index is 0.0161. The molecule has 2 saturated carbocycles. The number of piperidine rings is 1. The average Bonchev–Trinajstić information content (AvgIpc) is 3.73. The molecule has 10 heteroatoms. The number of aliphatic hydroxyl groups is 1. The molecule has 45 heavy (non-hydrogen) atoms. The zero-order chi connectivity index (χ0) is 31.8. The number of ether oxygens (including phenoxy) is 3. The van der Waals surface area contributed by atoms with Crippen LogP contribution >= 0.6 is 0 Å². The van der Waals surface area contributed by atoms with Crippen molar-refractivity contribution in [2.24, 2.45) is 23.2 Å². The van der Waals surface area contributed by atoms with E-state index in [2.05, 4.69) is 23.9 Å². The smallest absolute Gasteiger partial charge is 0.508 e. The average molecular weight is 630 g/mol. The Bertz CT molecular complexity index is 1430. The number of aliphatic hydroxyl groups excluding tert-OH is 1. The van der Waals surface area contributed by atoms with Crippen LogP contribution in [-0.2, 0) is 19.0 Å². The monoisotopic (exact) mass is 629 g/mol. The van der Waals surface area contributed by atoms with Gasteiger partial charge in [0.2, 0.25) is 0 Å². The molecule has 1 amide bonds. The molecule has 244 valence electrons. The highest BCUT2D eigenvalue weighted by Crippen LogP contribution is 2.68. The van der Waals surface area contributed by atoms with Crippen molar-refractivity contribution in [1.82, 2.24) is 5.32 Å². The van der Waals surface area contributed by atoms with E-state index < -0.39 is 29.9 Å². The second-order valence-corrected chi connectivity index (χ2v) is 14.6. The molecule has 2 aliphatic heterocycles. The van der Waals surface area contributed by atoms with Crippen LogP contribution in [0.1, 0.15) is 64.4 Å². The van der Waals surface area contributed by atoms with E-state index in [0.29, 0.717) is 23.4 Å². The molecule has 7 atom stereocenters. The maximum atomic E-state index is 13.7. The van der Waals surface area contributed by atoms with E-state index in [4.69, 9.17) is 9.47 Å². The number of halogens is 3. The molecule has 1 spiro atoms. The summed E-state index contributed by atoms with van der Waals surface area (Å²) >= 11 is 0. The molecule has 6 aliphatic rings. The quantitative estimate of drug-likeness (QED) is 0.143. The lowest BCUT2D eigenvalue weighted by Gasteiger charge is -2.63. The summed E-state index contributed by atoms with van der Waals surface area (Å²) in [6.07, 6.45) is 3.69. The van der Waals surface area contributed by atoms with E-state index >= 15 is 0 Å². The first-order valence-corrected chi connectivity index (χ1v) is 16.5. The molecule has 1 aromatic carbocycles. The number of benzene rings is 1. The number of alkyl halides is 3. The van der Waals surface area contributed by atoms with Crippen LogP contribution in [0.4, 0.5) is 13.2 Å². The van der Waals surface area contributed by atoms with Crippen LogP contribution < -0.4 is 5.32 Å². The molecule has 7 rings (SSSR count). The molecule has 7 nitrogen and oxygen atoms in total. The van der Waals surface area contributed by atoms with Crippen LogP contribution in [0.3, 0.4) is 0 Å². The summed E-state index contributed by atoms with van der Waals surface area (Å²) in [4.78, 5) is 13.7. The predicted octanol–water partition coefficient (Wildman–Crippen LogP) is 6.39. The summed E-state index contributed by atoms with van der Waals surface area (Å²) in [6, 6.07) is 8.57. The van der Waals surface area contributed by atoms with Gasteiger partial charge in [-0.05, 0) is 42.9 Å². The third-order valence-electron chi connectivity index (χ3n) is 11.4. The molecule has 4 aliphatic carbocycles. The van der Waals surface area contributed by atoms with E-state index in [9.17, 15) is 23.1 Å². The second kappa shape index (κ2) is 10.9. The fourth-order valence-electron chi connectivity index (χ4n) is 9.90. The Labute approximate surface area is 262 Å². The van der Waals surface area contributed by atoms with Crippen molar-refractivity contribution < 1.29 is 41.8 Å². The Hall–Kier alpha value is -2.82. The van der Waals surface area contributed by atoms with Crippen LogP contribution in [0, 0.1) is 23.2 Å². The number of allylic oxidation sites excluding steroid dienone is 1. The van der Waals surface area contributed by atoms with Crippen molar-refractivity contribution >= 4 is 12.0 Å². The van der Waals surface area contributed by atoms with Crippen molar-refractivity contribution in [2.75, 3.05) is 26.7 Å². The van der Waals surface area contributed by atoms with E-state index in [1.807, 2.05) is 0 Å². The Kier molecular flexibility index (Phi) is 7.45.